The molecule has 1 fully saturated rings. The minimum atomic E-state index is 0.0772. The van der Waals surface area contributed by atoms with Crippen LogP contribution in [0.3, 0.4) is 0 Å². The lowest BCUT2D eigenvalue weighted by molar-refractivity contribution is -0.131. The molecule has 138 valence electrons. The molecule has 2 bridgehead atoms. The van der Waals surface area contributed by atoms with Gasteiger partial charge in [-0.2, -0.15) is 0 Å². The number of hydrogen-bond acceptors (Lipinski definition) is 5. The first-order valence-electron chi connectivity index (χ1n) is 9.13. The van der Waals surface area contributed by atoms with Gasteiger partial charge < -0.3 is 9.47 Å². The first-order valence-corrected chi connectivity index (χ1v) is 10.9. The van der Waals surface area contributed by atoms with Crippen molar-refractivity contribution in [1.29, 1.82) is 0 Å². The lowest BCUT2D eigenvalue weighted by Gasteiger charge is -2.42. The number of thioether (sulfide) groups is 1. The Morgan fingerprint density at radius 1 is 1.15 bits per heavy atom. The predicted molar refractivity (Wildman–Crippen MR) is 108 cm³/mol. The molecule has 5 nitrogen and oxygen atoms in total. The van der Waals surface area contributed by atoms with E-state index in [0.29, 0.717) is 18.2 Å². The molecular formula is C20H19N3O2S2. The fourth-order valence-electron chi connectivity index (χ4n) is 4.23. The number of likely N-dealkylation sites (tertiary alicyclic amines) is 1. The molecule has 2 aromatic heterocycles. The topological polar surface area (TPSA) is 55.2 Å². The SMILES string of the molecule is O=C(CSc1nc2ccccc2s1)N1C[C@@H]2C[C@H](C1)c1cccc(=O)n1C2. The van der Waals surface area contributed by atoms with E-state index in [4.69, 9.17) is 0 Å². The monoisotopic (exact) mass is 397 g/mol. The summed E-state index contributed by atoms with van der Waals surface area (Å²) >= 11 is 3.16. The Morgan fingerprint density at radius 2 is 2.04 bits per heavy atom. The molecule has 0 aliphatic carbocycles. The number of carbonyl (C=O) groups is 1. The maximum absolute atomic E-state index is 12.8. The number of rotatable bonds is 3. The van der Waals surface area contributed by atoms with Gasteiger partial charge in [0.15, 0.2) is 4.34 Å². The molecular weight excluding hydrogens is 378 g/mol. The van der Waals surface area contributed by atoms with Crippen LogP contribution in [0.2, 0.25) is 0 Å². The molecule has 7 heteroatoms. The average molecular weight is 398 g/mol. The van der Waals surface area contributed by atoms with Gasteiger partial charge in [0.1, 0.15) is 0 Å². The van der Waals surface area contributed by atoms with Crippen LogP contribution in [0.25, 0.3) is 10.2 Å². The molecule has 2 aliphatic heterocycles. The quantitative estimate of drug-likeness (QED) is 0.637. The molecule has 5 rings (SSSR count). The third-order valence-electron chi connectivity index (χ3n) is 5.43. The van der Waals surface area contributed by atoms with Crippen LogP contribution in [-0.2, 0) is 11.3 Å². The van der Waals surface area contributed by atoms with Crippen molar-refractivity contribution in [2.75, 3.05) is 18.8 Å². The summed E-state index contributed by atoms with van der Waals surface area (Å²) in [5, 5.41) is 0. The van der Waals surface area contributed by atoms with E-state index >= 15 is 0 Å². The lowest BCUT2D eigenvalue weighted by atomic mass is 9.83. The molecule has 0 radical (unpaired) electrons. The smallest absolute Gasteiger partial charge is 0.250 e. The molecule has 3 aromatic rings. The van der Waals surface area contributed by atoms with E-state index in [1.54, 1.807) is 17.4 Å². The molecule has 2 aliphatic rings. The molecule has 1 aromatic carbocycles. The third kappa shape index (κ3) is 3.19. The number of piperidine rings is 1. The average Bonchev–Trinajstić information content (AvgIpc) is 3.10. The molecule has 4 heterocycles. The summed E-state index contributed by atoms with van der Waals surface area (Å²) in [4.78, 5) is 31.5. The number of pyridine rings is 1. The van der Waals surface area contributed by atoms with Gasteiger partial charge in [-0.05, 0) is 30.5 Å². The van der Waals surface area contributed by atoms with Crippen LogP contribution in [0.4, 0.5) is 0 Å². The molecule has 27 heavy (non-hydrogen) atoms. The minimum absolute atomic E-state index is 0.0772. The van der Waals surface area contributed by atoms with Gasteiger partial charge in [0.2, 0.25) is 5.91 Å². The standard InChI is InChI=1S/C20H19N3O2S2/c24-18-7-3-5-16-14-8-13(10-23(16)18)9-22(11-14)19(25)12-26-20-21-15-4-1-2-6-17(15)27-20/h1-7,13-14H,8-12H2/t13-,14+/m0/s1. The van der Waals surface area contributed by atoms with Crippen LogP contribution in [0.15, 0.2) is 51.6 Å². The van der Waals surface area contributed by atoms with Crippen molar-refractivity contribution in [3.8, 4) is 0 Å². The minimum Gasteiger partial charge on any atom is -0.341 e. The summed E-state index contributed by atoms with van der Waals surface area (Å²) in [6, 6.07) is 13.5. The number of para-hydroxylation sites is 1. The van der Waals surface area contributed by atoms with Gasteiger partial charge in [0, 0.05) is 37.3 Å². The zero-order chi connectivity index (χ0) is 18.4. The van der Waals surface area contributed by atoms with Crippen LogP contribution in [0.5, 0.6) is 0 Å². The molecule has 0 unspecified atom stereocenters. The number of nitrogens with zero attached hydrogens (tertiary/aromatic N) is 3. The fourth-order valence-corrected chi connectivity index (χ4v) is 6.20. The number of aromatic nitrogens is 2. The highest BCUT2D eigenvalue weighted by Crippen LogP contribution is 2.35. The summed E-state index contributed by atoms with van der Waals surface area (Å²) in [6.45, 7) is 2.18. The molecule has 0 spiro atoms. The molecule has 1 amide bonds. The summed E-state index contributed by atoms with van der Waals surface area (Å²) in [6.07, 6.45) is 1.07. The van der Waals surface area contributed by atoms with E-state index in [0.717, 1.165) is 39.8 Å². The van der Waals surface area contributed by atoms with E-state index in [-0.39, 0.29) is 17.4 Å². The zero-order valence-corrected chi connectivity index (χ0v) is 16.3. The Hall–Kier alpha value is -2.12. The van der Waals surface area contributed by atoms with Gasteiger partial charge in [-0.25, -0.2) is 4.98 Å². The van der Waals surface area contributed by atoms with E-state index in [1.807, 2.05) is 39.8 Å². The Morgan fingerprint density at radius 3 is 2.93 bits per heavy atom. The van der Waals surface area contributed by atoms with Crippen LogP contribution < -0.4 is 5.56 Å². The van der Waals surface area contributed by atoms with Crippen molar-refractivity contribution in [1.82, 2.24) is 14.5 Å². The Kier molecular flexibility index (Phi) is 4.28. The van der Waals surface area contributed by atoms with Crippen molar-refractivity contribution in [3.05, 3.63) is 58.5 Å². The van der Waals surface area contributed by atoms with E-state index in [9.17, 15) is 9.59 Å². The largest absolute Gasteiger partial charge is 0.341 e. The van der Waals surface area contributed by atoms with Crippen molar-refractivity contribution in [3.63, 3.8) is 0 Å². The first-order chi connectivity index (χ1) is 13.2. The number of hydrogen-bond donors (Lipinski definition) is 0. The van der Waals surface area contributed by atoms with Crippen LogP contribution in [0, 0.1) is 5.92 Å². The van der Waals surface area contributed by atoms with Crippen molar-refractivity contribution < 1.29 is 4.79 Å². The normalized spacial score (nSPS) is 21.3. The van der Waals surface area contributed by atoms with Crippen molar-refractivity contribution >= 4 is 39.2 Å². The number of thiazole rings is 1. The second-order valence-corrected chi connectivity index (χ2v) is 9.49. The Bertz CT molecular complexity index is 1040. The van der Waals surface area contributed by atoms with Gasteiger partial charge >= 0.3 is 0 Å². The third-order valence-corrected chi connectivity index (χ3v) is 7.59. The predicted octanol–water partition coefficient (Wildman–Crippen LogP) is 3.20. The molecule has 2 atom stereocenters. The lowest BCUT2D eigenvalue weighted by Crippen LogP contribution is -2.49. The highest BCUT2D eigenvalue weighted by Gasteiger charge is 2.36. The van der Waals surface area contributed by atoms with Crippen LogP contribution >= 0.6 is 23.1 Å². The van der Waals surface area contributed by atoms with Crippen molar-refractivity contribution in [2.45, 2.75) is 23.2 Å². The van der Waals surface area contributed by atoms with Gasteiger partial charge in [-0.3, -0.25) is 9.59 Å². The van der Waals surface area contributed by atoms with E-state index in [2.05, 4.69) is 11.1 Å². The van der Waals surface area contributed by atoms with Crippen LogP contribution in [-0.4, -0.2) is 39.2 Å². The van der Waals surface area contributed by atoms with E-state index < -0.39 is 0 Å². The fraction of sp³-hybridized carbons (Fsp3) is 0.350. The van der Waals surface area contributed by atoms with Gasteiger partial charge in [0.25, 0.3) is 5.56 Å². The number of benzene rings is 1. The van der Waals surface area contributed by atoms with E-state index in [1.165, 1.54) is 11.8 Å². The van der Waals surface area contributed by atoms with Crippen molar-refractivity contribution in [2.24, 2.45) is 5.92 Å². The summed E-state index contributed by atoms with van der Waals surface area (Å²) < 4.78 is 4.00. The Labute approximate surface area is 165 Å². The van der Waals surface area contributed by atoms with Gasteiger partial charge in [0.05, 0.1) is 16.0 Å². The molecule has 0 N–H and O–H groups in total. The molecule has 0 saturated carbocycles. The first kappa shape index (κ1) is 17.0. The van der Waals surface area contributed by atoms with Crippen LogP contribution in [0.1, 0.15) is 18.0 Å². The summed E-state index contributed by atoms with van der Waals surface area (Å²) in [5.41, 5.74) is 2.15. The Balaban J connectivity index is 1.28. The number of fused-ring (bicyclic) bond motifs is 5. The second kappa shape index (κ2) is 6.80. The maximum atomic E-state index is 12.8. The zero-order valence-electron chi connectivity index (χ0n) is 14.7. The maximum Gasteiger partial charge on any atom is 0.250 e. The number of amides is 1. The second-order valence-electron chi connectivity index (χ2n) is 7.23. The highest BCUT2D eigenvalue weighted by atomic mass is 32.2. The highest BCUT2D eigenvalue weighted by molar-refractivity contribution is 8.01. The summed E-state index contributed by atoms with van der Waals surface area (Å²) in [7, 11) is 0. The van der Waals surface area contributed by atoms with Gasteiger partial charge in [-0.1, -0.05) is 30.0 Å². The molecule has 1 saturated heterocycles. The van der Waals surface area contributed by atoms with Gasteiger partial charge in [-0.15, -0.1) is 11.3 Å². The number of carbonyl (C=O) groups excluding carboxylic acids is 1. The summed E-state index contributed by atoms with van der Waals surface area (Å²) in [5.74, 6) is 1.22.